The van der Waals surface area contributed by atoms with Crippen molar-refractivity contribution in [3.8, 4) is 6.07 Å². The lowest BCUT2D eigenvalue weighted by Gasteiger charge is -2.14. The highest BCUT2D eigenvalue weighted by Crippen LogP contribution is 2.21. The van der Waals surface area contributed by atoms with Crippen LogP contribution in [0.1, 0.15) is 19.4 Å². The van der Waals surface area contributed by atoms with Crippen LogP contribution in [0.2, 0.25) is 0 Å². The van der Waals surface area contributed by atoms with Crippen LogP contribution in [0.15, 0.2) is 18.2 Å². The molecule has 1 atom stereocenters. The lowest BCUT2D eigenvalue weighted by Crippen LogP contribution is -2.20. The monoisotopic (exact) mass is 249 g/mol. The van der Waals surface area contributed by atoms with E-state index < -0.39 is 4.92 Å². The van der Waals surface area contributed by atoms with Gasteiger partial charge in [0.15, 0.2) is 0 Å². The normalized spacial score (nSPS) is 11.6. The number of nitriles is 1. The third kappa shape index (κ3) is 3.71. The van der Waals surface area contributed by atoms with Crippen LogP contribution in [0.4, 0.5) is 11.4 Å². The highest BCUT2D eigenvalue weighted by atomic mass is 16.6. The van der Waals surface area contributed by atoms with Gasteiger partial charge < -0.3 is 10.1 Å². The maximum atomic E-state index is 10.6. The molecule has 18 heavy (non-hydrogen) atoms. The first-order chi connectivity index (χ1) is 8.58. The average molecular weight is 249 g/mol. The van der Waals surface area contributed by atoms with Gasteiger partial charge in [-0.25, -0.2) is 0 Å². The zero-order valence-corrected chi connectivity index (χ0v) is 10.3. The first-order valence-electron chi connectivity index (χ1n) is 5.62. The van der Waals surface area contributed by atoms with E-state index in [0.29, 0.717) is 18.8 Å². The van der Waals surface area contributed by atoms with Gasteiger partial charge in [-0.2, -0.15) is 5.26 Å². The quantitative estimate of drug-likeness (QED) is 0.617. The van der Waals surface area contributed by atoms with Crippen molar-refractivity contribution in [2.45, 2.75) is 20.0 Å². The second-order valence-electron chi connectivity index (χ2n) is 3.75. The number of anilines is 1. The summed E-state index contributed by atoms with van der Waals surface area (Å²) in [6.45, 7) is 4.98. The molecule has 0 aromatic heterocycles. The average Bonchev–Trinajstić information content (AvgIpc) is 2.36. The Kier molecular flexibility index (Phi) is 5.08. The van der Waals surface area contributed by atoms with Crippen LogP contribution in [0.3, 0.4) is 0 Å². The summed E-state index contributed by atoms with van der Waals surface area (Å²) in [7, 11) is 0. The van der Waals surface area contributed by atoms with Gasteiger partial charge in [-0.15, -0.1) is 0 Å². The first kappa shape index (κ1) is 13.9. The molecule has 0 saturated heterocycles. The summed E-state index contributed by atoms with van der Waals surface area (Å²) in [5.41, 5.74) is 0.748. The molecular weight excluding hydrogens is 234 g/mol. The van der Waals surface area contributed by atoms with Crippen molar-refractivity contribution < 1.29 is 9.66 Å². The number of nitro groups is 1. The number of rotatable bonds is 6. The van der Waals surface area contributed by atoms with Gasteiger partial charge in [0.2, 0.25) is 0 Å². The van der Waals surface area contributed by atoms with Crippen LogP contribution >= 0.6 is 0 Å². The summed E-state index contributed by atoms with van der Waals surface area (Å²) in [5, 5.41) is 22.6. The molecular formula is C12H15N3O3. The molecule has 0 fully saturated rings. The van der Waals surface area contributed by atoms with Gasteiger partial charge in [0, 0.05) is 25.3 Å². The molecule has 0 saturated carbocycles. The van der Waals surface area contributed by atoms with Gasteiger partial charge >= 0.3 is 0 Å². The number of nitrogens with zero attached hydrogens (tertiary/aromatic N) is 2. The maximum Gasteiger partial charge on any atom is 0.270 e. The van der Waals surface area contributed by atoms with Crippen LogP contribution in [-0.4, -0.2) is 24.2 Å². The zero-order valence-electron chi connectivity index (χ0n) is 10.3. The summed E-state index contributed by atoms with van der Waals surface area (Å²) < 4.78 is 5.35. The fraction of sp³-hybridized carbons (Fsp3) is 0.417. The molecule has 0 bridgehead atoms. The molecule has 6 heteroatoms. The van der Waals surface area contributed by atoms with E-state index >= 15 is 0 Å². The Morgan fingerprint density at radius 2 is 2.33 bits per heavy atom. The molecule has 0 spiro atoms. The van der Waals surface area contributed by atoms with E-state index in [1.165, 1.54) is 18.2 Å². The molecule has 1 N–H and O–H groups in total. The van der Waals surface area contributed by atoms with Crippen LogP contribution in [0.25, 0.3) is 0 Å². The molecule has 1 unspecified atom stereocenters. The second kappa shape index (κ2) is 6.57. The fourth-order valence-electron chi connectivity index (χ4n) is 1.49. The Balaban J connectivity index is 2.78. The minimum Gasteiger partial charge on any atom is -0.381 e. The molecule has 96 valence electrons. The number of nitrogens with one attached hydrogen (secondary N) is 1. The third-order valence-corrected chi connectivity index (χ3v) is 2.37. The van der Waals surface area contributed by atoms with Gasteiger partial charge in [-0.1, -0.05) is 0 Å². The number of benzene rings is 1. The molecule has 0 aliphatic heterocycles. The Morgan fingerprint density at radius 1 is 1.61 bits per heavy atom. The predicted molar refractivity (Wildman–Crippen MR) is 67.4 cm³/mol. The Morgan fingerprint density at radius 3 is 2.89 bits per heavy atom. The minimum atomic E-state index is -0.520. The van der Waals surface area contributed by atoms with Crippen molar-refractivity contribution in [3.05, 3.63) is 33.9 Å². The molecule has 1 aromatic carbocycles. The van der Waals surface area contributed by atoms with E-state index in [1.54, 1.807) is 0 Å². The van der Waals surface area contributed by atoms with Gasteiger partial charge in [-0.05, 0) is 19.9 Å². The molecule has 0 heterocycles. The Hall–Kier alpha value is -2.13. The lowest BCUT2D eigenvalue weighted by atomic mass is 10.1. The number of hydrogen-bond donors (Lipinski definition) is 1. The van der Waals surface area contributed by atoms with E-state index in [1.807, 2.05) is 19.9 Å². The molecule has 1 aromatic rings. The van der Waals surface area contributed by atoms with Gasteiger partial charge in [0.1, 0.15) is 6.07 Å². The largest absolute Gasteiger partial charge is 0.381 e. The molecule has 0 amide bonds. The standard InChI is InChI=1S/C12H15N3O3/c1-3-18-9(2)8-14-12-5-4-11(15(16)17)6-10(12)7-13/h4-6,9,14H,3,8H2,1-2H3. The predicted octanol–water partition coefficient (Wildman–Crippen LogP) is 2.30. The molecule has 0 aliphatic carbocycles. The Bertz CT molecular complexity index is 468. The van der Waals surface area contributed by atoms with E-state index in [0.717, 1.165) is 0 Å². The van der Waals surface area contributed by atoms with Crippen LogP contribution in [0, 0.1) is 21.4 Å². The molecule has 6 nitrogen and oxygen atoms in total. The molecule has 1 rings (SSSR count). The highest BCUT2D eigenvalue weighted by molar-refractivity contribution is 5.61. The van der Waals surface area contributed by atoms with Crippen molar-refractivity contribution in [2.24, 2.45) is 0 Å². The zero-order chi connectivity index (χ0) is 13.5. The van der Waals surface area contributed by atoms with Gasteiger partial charge in [0.05, 0.1) is 22.3 Å². The Labute approximate surface area is 105 Å². The lowest BCUT2D eigenvalue weighted by molar-refractivity contribution is -0.384. The summed E-state index contributed by atoms with van der Waals surface area (Å²) in [6, 6.07) is 6.10. The number of non-ortho nitro benzene ring substituents is 1. The maximum absolute atomic E-state index is 10.6. The minimum absolute atomic E-state index is 0.0109. The van der Waals surface area contributed by atoms with Gasteiger partial charge in [-0.3, -0.25) is 10.1 Å². The van der Waals surface area contributed by atoms with Crippen molar-refractivity contribution >= 4 is 11.4 Å². The molecule has 0 aliphatic rings. The van der Waals surface area contributed by atoms with Crippen molar-refractivity contribution in [1.29, 1.82) is 5.26 Å². The van der Waals surface area contributed by atoms with Gasteiger partial charge in [0.25, 0.3) is 5.69 Å². The summed E-state index contributed by atoms with van der Waals surface area (Å²) in [4.78, 5) is 10.1. The van der Waals surface area contributed by atoms with Crippen LogP contribution in [0.5, 0.6) is 0 Å². The van der Waals surface area contributed by atoms with E-state index in [9.17, 15) is 10.1 Å². The molecule has 0 radical (unpaired) electrons. The van der Waals surface area contributed by atoms with Crippen molar-refractivity contribution in [2.75, 3.05) is 18.5 Å². The van der Waals surface area contributed by atoms with Crippen molar-refractivity contribution in [1.82, 2.24) is 0 Å². The van der Waals surface area contributed by atoms with Crippen LogP contribution in [-0.2, 0) is 4.74 Å². The van der Waals surface area contributed by atoms with Crippen LogP contribution < -0.4 is 5.32 Å². The fourth-order valence-corrected chi connectivity index (χ4v) is 1.49. The SMILES string of the molecule is CCOC(C)CNc1ccc([N+](=O)[O-])cc1C#N. The van der Waals surface area contributed by atoms with E-state index in [2.05, 4.69) is 5.32 Å². The van der Waals surface area contributed by atoms with E-state index in [4.69, 9.17) is 10.00 Å². The summed E-state index contributed by atoms with van der Waals surface area (Å²) >= 11 is 0. The summed E-state index contributed by atoms with van der Waals surface area (Å²) in [6.07, 6.45) is 0.0109. The van der Waals surface area contributed by atoms with Crippen molar-refractivity contribution in [3.63, 3.8) is 0 Å². The second-order valence-corrected chi connectivity index (χ2v) is 3.75. The topological polar surface area (TPSA) is 88.2 Å². The smallest absolute Gasteiger partial charge is 0.270 e. The number of ether oxygens (including phenoxy) is 1. The number of hydrogen-bond acceptors (Lipinski definition) is 5. The number of nitro benzene ring substituents is 1. The summed E-state index contributed by atoms with van der Waals surface area (Å²) in [5.74, 6) is 0. The third-order valence-electron chi connectivity index (χ3n) is 2.37. The highest BCUT2D eigenvalue weighted by Gasteiger charge is 2.11. The van der Waals surface area contributed by atoms with E-state index in [-0.39, 0.29) is 17.4 Å². The first-order valence-corrected chi connectivity index (χ1v) is 5.62.